The first kappa shape index (κ1) is 39.7. The summed E-state index contributed by atoms with van der Waals surface area (Å²) in [6.45, 7) is 4.06. The first-order valence-corrected chi connectivity index (χ1v) is 19.5. The largest absolute Gasteiger partial charge is 0.493 e. The van der Waals surface area contributed by atoms with Crippen LogP contribution in [0.1, 0.15) is 57.6 Å². The van der Waals surface area contributed by atoms with Crippen molar-refractivity contribution in [2.75, 3.05) is 53.8 Å². The Kier molecular flexibility index (Phi) is 11.1. The molecule has 0 aromatic heterocycles. The van der Waals surface area contributed by atoms with Crippen LogP contribution in [0.25, 0.3) is 0 Å². The second kappa shape index (κ2) is 15.4. The van der Waals surface area contributed by atoms with Gasteiger partial charge in [-0.2, -0.15) is 5.26 Å². The van der Waals surface area contributed by atoms with Gasteiger partial charge in [-0.1, -0.05) is 40.9 Å². The molecule has 55 heavy (non-hydrogen) atoms. The number of nitrogens with one attached hydrogen (secondary N) is 1. The number of hydrogen-bond donors (Lipinski definition) is 1. The minimum absolute atomic E-state index is 0.0397. The summed E-state index contributed by atoms with van der Waals surface area (Å²) < 4.78 is 45.0. The van der Waals surface area contributed by atoms with Gasteiger partial charge in [-0.05, 0) is 38.4 Å². The number of aryl methyl sites for hydroxylation is 1. The van der Waals surface area contributed by atoms with Gasteiger partial charge in [0.15, 0.2) is 29.8 Å². The molecule has 0 radical (unpaired) electrons. The normalized spacial score (nSPS) is 26.8. The van der Waals surface area contributed by atoms with E-state index < -0.39 is 63.9 Å². The van der Waals surface area contributed by atoms with E-state index in [4.69, 9.17) is 72.7 Å². The number of likely N-dealkylation sites (N-methyl/N-ethyl adjacent to an activating group) is 1. The quantitative estimate of drug-likeness (QED) is 0.172. The van der Waals surface area contributed by atoms with Crippen LogP contribution in [0.3, 0.4) is 0 Å². The average Bonchev–Trinajstić information content (AvgIpc) is 3.62. The van der Waals surface area contributed by atoms with Gasteiger partial charge in [0.05, 0.1) is 30.5 Å². The Bertz CT molecular complexity index is 1960. The molecule has 5 aliphatic rings. The fraction of sp³-hybridized carbons (Fsp3) is 0.556. The molecule has 7 rings (SSSR count). The van der Waals surface area contributed by atoms with Crippen molar-refractivity contribution < 1.29 is 52.3 Å². The van der Waals surface area contributed by atoms with Gasteiger partial charge >= 0.3 is 18.0 Å². The van der Waals surface area contributed by atoms with Gasteiger partial charge in [0, 0.05) is 54.1 Å². The molecule has 2 aromatic rings. The van der Waals surface area contributed by atoms with Crippen LogP contribution in [0.4, 0.5) is 4.79 Å². The molecule has 0 saturated carbocycles. The summed E-state index contributed by atoms with van der Waals surface area (Å²) in [7, 11) is 5.09. The number of benzene rings is 2. The van der Waals surface area contributed by atoms with Crippen LogP contribution in [0.15, 0.2) is 6.07 Å². The average molecular weight is 842 g/mol. The molecule has 19 heteroatoms. The highest BCUT2D eigenvalue weighted by atomic mass is 35.6. The summed E-state index contributed by atoms with van der Waals surface area (Å²) in [4.78, 5) is 43.8. The van der Waals surface area contributed by atoms with Gasteiger partial charge in [0.25, 0.3) is 0 Å². The zero-order valence-electron chi connectivity index (χ0n) is 30.7. The van der Waals surface area contributed by atoms with Gasteiger partial charge in [-0.25, -0.2) is 9.59 Å². The summed E-state index contributed by atoms with van der Waals surface area (Å²) >= 11 is 18.7. The molecular formula is C36H39Cl3N4O11S. The predicted molar refractivity (Wildman–Crippen MR) is 199 cm³/mol. The Morgan fingerprint density at radius 1 is 1.09 bits per heavy atom. The van der Waals surface area contributed by atoms with E-state index in [0.29, 0.717) is 46.1 Å². The number of methoxy groups -OCH3 is 2. The van der Waals surface area contributed by atoms with Gasteiger partial charge < -0.3 is 43.2 Å². The zero-order valence-corrected chi connectivity index (χ0v) is 33.8. The molecule has 4 bridgehead atoms. The van der Waals surface area contributed by atoms with Crippen LogP contribution in [0, 0.1) is 25.2 Å². The first-order chi connectivity index (χ1) is 26.2. The van der Waals surface area contributed by atoms with Crippen molar-refractivity contribution >= 4 is 64.6 Å². The van der Waals surface area contributed by atoms with E-state index in [9.17, 15) is 19.6 Å². The number of hydrogen-bond acceptors (Lipinski definition) is 15. The number of rotatable bonds is 7. The third kappa shape index (κ3) is 6.96. The zero-order chi connectivity index (χ0) is 39.5. The predicted octanol–water partition coefficient (Wildman–Crippen LogP) is 4.97. The molecule has 1 N–H and O–H groups in total. The van der Waals surface area contributed by atoms with E-state index in [1.165, 1.54) is 25.8 Å². The molecule has 0 spiro atoms. The summed E-state index contributed by atoms with van der Waals surface area (Å²) in [6, 6.07) is 0.615. The topological polar surface area (TPSA) is 167 Å². The highest BCUT2D eigenvalue weighted by Gasteiger charge is 2.61. The SMILES string of the molecule is COCOc1c(OC)c(C)cc2c1[C@@H]1C3[C@@H]4SCC(NC(=O)OCC(Cl)(Cl)Cl)C(=O)OC[C@H](c5c6c(c(C)c(OC(C)=O)c54)OCO6)N3[C@@H](C#N)[C@H](C2)N1C. The van der Waals surface area contributed by atoms with Crippen molar-refractivity contribution in [2.45, 2.75) is 72.5 Å². The van der Waals surface area contributed by atoms with Gasteiger partial charge in [0.1, 0.15) is 31.0 Å². The number of carbonyl (C=O) groups is 3. The molecule has 2 unspecified atom stereocenters. The minimum Gasteiger partial charge on any atom is -0.493 e. The number of carbonyl (C=O) groups excluding carboxylic acids is 3. The maximum Gasteiger partial charge on any atom is 0.408 e. The Hall–Kier alpha value is -3.56. The number of nitrogens with zero attached hydrogens (tertiary/aromatic N) is 3. The number of alkyl halides is 3. The summed E-state index contributed by atoms with van der Waals surface area (Å²) in [5, 5.41) is 13.0. The van der Waals surface area contributed by atoms with Gasteiger partial charge in [-0.15, -0.1) is 11.8 Å². The van der Waals surface area contributed by atoms with E-state index in [2.05, 4.69) is 27.3 Å². The summed E-state index contributed by atoms with van der Waals surface area (Å²) in [5.74, 6) is 0.798. The third-order valence-corrected chi connectivity index (χ3v) is 12.3. The first-order valence-electron chi connectivity index (χ1n) is 17.3. The second-order valence-electron chi connectivity index (χ2n) is 13.8. The second-order valence-corrected chi connectivity index (χ2v) is 17.5. The molecule has 1 amide bonds. The molecular weight excluding hydrogens is 803 g/mol. The number of alkyl carbamates (subject to hydrolysis) is 1. The minimum atomic E-state index is -1.88. The van der Waals surface area contributed by atoms with E-state index in [0.717, 1.165) is 16.7 Å². The molecule has 2 aromatic carbocycles. The maximum atomic E-state index is 13.8. The van der Waals surface area contributed by atoms with Gasteiger partial charge in [0.2, 0.25) is 10.6 Å². The van der Waals surface area contributed by atoms with Crippen LogP contribution in [-0.4, -0.2) is 110 Å². The highest BCUT2D eigenvalue weighted by Crippen LogP contribution is 2.64. The number of nitriles is 1. The van der Waals surface area contributed by atoms with E-state index >= 15 is 0 Å². The van der Waals surface area contributed by atoms with Crippen LogP contribution in [0.5, 0.6) is 28.7 Å². The summed E-state index contributed by atoms with van der Waals surface area (Å²) in [5.41, 5.74) is 4.45. The number of thioether (sulfide) groups is 1. The Morgan fingerprint density at radius 3 is 2.51 bits per heavy atom. The molecule has 296 valence electrons. The van der Waals surface area contributed by atoms with E-state index in [1.54, 1.807) is 14.0 Å². The lowest BCUT2D eigenvalue weighted by molar-refractivity contribution is -0.151. The van der Waals surface area contributed by atoms with E-state index in [1.807, 2.05) is 14.0 Å². The maximum absolute atomic E-state index is 13.8. The van der Waals surface area contributed by atoms with Gasteiger partial charge in [-0.3, -0.25) is 14.6 Å². The number of cyclic esters (lactones) is 1. The van der Waals surface area contributed by atoms with Crippen molar-refractivity contribution in [1.29, 1.82) is 5.26 Å². The molecule has 5 heterocycles. The lowest BCUT2D eigenvalue weighted by Gasteiger charge is -2.61. The number of amides is 1. The van der Waals surface area contributed by atoms with Crippen LogP contribution < -0.4 is 29.0 Å². The highest BCUT2D eigenvalue weighted by molar-refractivity contribution is 7.99. The number of ether oxygens (including phenoxy) is 8. The van der Waals surface area contributed by atoms with E-state index in [-0.39, 0.29) is 37.7 Å². The van der Waals surface area contributed by atoms with Crippen molar-refractivity contribution in [2.24, 2.45) is 0 Å². The number of halogens is 3. The Morgan fingerprint density at radius 2 is 1.84 bits per heavy atom. The standard InChI is InChI=1S/C36H39Cl3N4O11S/c1-15-7-18-8-20-21(9-40)43-22-10-49-34(45)19(41-35(46)50-12-36(37,38)39)11-55-33(25-24(22)32-30(52-14-53-32)16(2)29(25)54-17(3)44)27(43)26(42(20)4)23(18)31(28(15)48-6)51-13-47-5/h7,19-22,26-27,33H,8,10-14H2,1-6H3,(H,41,46)/t19?,20-,21-,22+,26+,27?,33+/m0/s1. The fourth-order valence-corrected chi connectivity index (χ4v) is 10.3. The smallest absolute Gasteiger partial charge is 0.408 e. The van der Waals surface area contributed by atoms with Crippen molar-refractivity contribution in [3.05, 3.63) is 39.4 Å². The number of esters is 2. The molecule has 15 nitrogen and oxygen atoms in total. The van der Waals surface area contributed by atoms with Crippen molar-refractivity contribution in [3.8, 4) is 34.8 Å². The number of piperazine rings is 1. The molecule has 0 aliphatic carbocycles. The van der Waals surface area contributed by atoms with Crippen LogP contribution >= 0.6 is 46.6 Å². The molecule has 2 fully saturated rings. The van der Waals surface area contributed by atoms with Crippen molar-refractivity contribution in [3.63, 3.8) is 0 Å². The monoisotopic (exact) mass is 840 g/mol. The summed E-state index contributed by atoms with van der Waals surface area (Å²) in [6.07, 6.45) is -0.492. The van der Waals surface area contributed by atoms with Crippen LogP contribution in [0.2, 0.25) is 0 Å². The Labute approximate surface area is 336 Å². The lowest BCUT2D eigenvalue weighted by Crippen LogP contribution is -2.69. The molecule has 2 saturated heterocycles. The molecule has 7 atom stereocenters. The lowest BCUT2D eigenvalue weighted by atomic mass is 9.71. The Balaban J connectivity index is 1.46. The molecule has 5 aliphatic heterocycles. The fourth-order valence-electron chi connectivity index (χ4n) is 8.64. The number of fused-ring (bicyclic) bond motifs is 9. The third-order valence-electron chi connectivity index (χ3n) is 10.6. The van der Waals surface area contributed by atoms with Crippen molar-refractivity contribution in [1.82, 2.24) is 15.1 Å². The van der Waals surface area contributed by atoms with Crippen LogP contribution in [-0.2, 0) is 30.2 Å².